The molecule has 0 aliphatic heterocycles. The summed E-state index contributed by atoms with van der Waals surface area (Å²) >= 11 is 1.48. The molecule has 0 bridgehead atoms. The fourth-order valence-electron chi connectivity index (χ4n) is 3.60. The van der Waals surface area contributed by atoms with Gasteiger partial charge in [-0.15, -0.1) is 10.2 Å². The van der Waals surface area contributed by atoms with Crippen molar-refractivity contribution >= 4 is 38.8 Å². The lowest BCUT2D eigenvalue weighted by Crippen LogP contribution is -2.17. The van der Waals surface area contributed by atoms with E-state index in [9.17, 15) is 12.8 Å². The van der Waals surface area contributed by atoms with Gasteiger partial charge in [-0.1, -0.05) is 11.8 Å². The number of aryl methyl sites for hydroxylation is 1. The summed E-state index contributed by atoms with van der Waals surface area (Å²) in [6, 6.07) is 13.7. The normalized spacial score (nSPS) is 13.9. The van der Waals surface area contributed by atoms with Crippen LogP contribution in [0.1, 0.15) is 18.7 Å². The van der Waals surface area contributed by atoms with E-state index in [0.717, 1.165) is 32.4 Å². The van der Waals surface area contributed by atoms with Gasteiger partial charge in [-0.2, -0.15) is 0 Å². The summed E-state index contributed by atoms with van der Waals surface area (Å²) in [7, 11) is -1.58. The molecule has 0 atom stereocenters. The van der Waals surface area contributed by atoms with Crippen LogP contribution in [0.5, 0.6) is 0 Å². The molecule has 1 saturated carbocycles. The number of rotatable bonds is 7. The van der Waals surface area contributed by atoms with Crippen LogP contribution >= 0.6 is 11.8 Å². The van der Waals surface area contributed by atoms with Crippen molar-refractivity contribution in [3.8, 4) is 11.1 Å². The molecule has 7 nitrogen and oxygen atoms in total. The van der Waals surface area contributed by atoms with Crippen molar-refractivity contribution < 1.29 is 12.8 Å². The molecule has 1 fully saturated rings. The summed E-state index contributed by atoms with van der Waals surface area (Å²) in [6.45, 7) is 1.87. The van der Waals surface area contributed by atoms with Crippen molar-refractivity contribution in [1.82, 2.24) is 14.6 Å². The molecule has 2 aromatic carbocycles. The van der Waals surface area contributed by atoms with Gasteiger partial charge in [-0.05, 0) is 73.9 Å². The molecule has 2 aromatic heterocycles. The number of benzene rings is 2. The van der Waals surface area contributed by atoms with Crippen LogP contribution in [0.4, 0.5) is 15.8 Å². The summed E-state index contributed by atoms with van der Waals surface area (Å²) in [6.07, 6.45) is 3.32. The van der Waals surface area contributed by atoms with E-state index >= 15 is 0 Å². The molecule has 33 heavy (non-hydrogen) atoms. The standard InChI is InChI=1S/C23H22FN5O2S2/c1-14-26-27-23-21(25-2)11-15(13-29(14)23)20-12-17(28-33(30,31)19-8-9-19)5-10-22(20)32-18-6-3-16(24)4-7-18/h3-7,10-13,19,25,28H,8-9H2,1-2H3. The third-order valence-electron chi connectivity index (χ3n) is 5.50. The van der Waals surface area contributed by atoms with E-state index in [2.05, 4.69) is 20.2 Å². The van der Waals surface area contributed by atoms with Crippen LogP contribution in [0.25, 0.3) is 16.8 Å². The van der Waals surface area contributed by atoms with Gasteiger partial charge in [0.25, 0.3) is 0 Å². The van der Waals surface area contributed by atoms with Crippen molar-refractivity contribution in [2.45, 2.75) is 34.8 Å². The number of aromatic nitrogens is 3. The molecule has 0 amide bonds. The molecule has 0 saturated heterocycles. The smallest absolute Gasteiger partial charge is 0.235 e. The second kappa shape index (κ2) is 8.35. The largest absolute Gasteiger partial charge is 0.385 e. The Bertz CT molecular complexity index is 1450. The van der Waals surface area contributed by atoms with Gasteiger partial charge in [-0.25, -0.2) is 12.8 Å². The first-order valence-electron chi connectivity index (χ1n) is 10.5. The van der Waals surface area contributed by atoms with E-state index in [1.54, 1.807) is 18.2 Å². The van der Waals surface area contributed by atoms with Crippen LogP contribution in [-0.2, 0) is 10.0 Å². The second-order valence-corrected chi connectivity index (χ2v) is 11.0. The first kappa shape index (κ1) is 21.7. The van der Waals surface area contributed by atoms with E-state index in [1.165, 1.54) is 23.9 Å². The Labute approximate surface area is 195 Å². The number of halogens is 1. The molecule has 0 spiro atoms. The minimum absolute atomic E-state index is 0.295. The predicted molar refractivity (Wildman–Crippen MR) is 129 cm³/mol. The van der Waals surface area contributed by atoms with Gasteiger partial charge < -0.3 is 5.32 Å². The number of anilines is 2. The molecule has 1 aliphatic rings. The Hall–Kier alpha value is -3.11. The zero-order chi connectivity index (χ0) is 23.2. The number of fused-ring (bicyclic) bond motifs is 1. The highest BCUT2D eigenvalue weighted by atomic mass is 32.2. The molecule has 0 unspecified atom stereocenters. The third kappa shape index (κ3) is 4.40. The average molecular weight is 484 g/mol. The van der Waals surface area contributed by atoms with Gasteiger partial charge in [-0.3, -0.25) is 9.12 Å². The Morgan fingerprint density at radius 2 is 1.85 bits per heavy atom. The van der Waals surface area contributed by atoms with Gasteiger partial charge in [0.15, 0.2) is 5.65 Å². The predicted octanol–water partition coefficient (Wildman–Crippen LogP) is 4.94. The van der Waals surface area contributed by atoms with Gasteiger partial charge in [0, 0.05) is 34.3 Å². The lowest BCUT2D eigenvalue weighted by atomic mass is 10.1. The zero-order valence-electron chi connectivity index (χ0n) is 18.0. The van der Waals surface area contributed by atoms with Crippen molar-refractivity contribution in [3.05, 3.63) is 66.4 Å². The zero-order valence-corrected chi connectivity index (χ0v) is 19.7. The average Bonchev–Trinajstić information content (AvgIpc) is 3.60. The molecule has 170 valence electrons. The molecule has 2 N–H and O–H groups in total. The molecule has 1 aliphatic carbocycles. The fourth-order valence-corrected chi connectivity index (χ4v) is 5.93. The van der Waals surface area contributed by atoms with Crippen LogP contribution in [0.2, 0.25) is 0 Å². The maximum absolute atomic E-state index is 13.4. The highest BCUT2D eigenvalue weighted by molar-refractivity contribution is 7.99. The van der Waals surface area contributed by atoms with Gasteiger partial charge in [0.2, 0.25) is 10.0 Å². The maximum Gasteiger partial charge on any atom is 0.235 e. The highest BCUT2D eigenvalue weighted by Gasteiger charge is 2.35. The topological polar surface area (TPSA) is 88.4 Å². The summed E-state index contributed by atoms with van der Waals surface area (Å²) in [5.74, 6) is 0.443. The Balaban J connectivity index is 1.63. The molecule has 5 rings (SSSR count). The van der Waals surface area contributed by atoms with E-state index < -0.39 is 10.0 Å². The summed E-state index contributed by atoms with van der Waals surface area (Å²) in [5, 5.41) is 11.2. The number of sulfonamides is 1. The molecular formula is C23H22FN5O2S2. The van der Waals surface area contributed by atoms with E-state index in [0.29, 0.717) is 24.2 Å². The van der Waals surface area contributed by atoms with E-state index in [-0.39, 0.29) is 11.1 Å². The van der Waals surface area contributed by atoms with Gasteiger partial charge in [0.05, 0.1) is 10.9 Å². The minimum Gasteiger partial charge on any atom is -0.385 e. The first-order chi connectivity index (χ1) is 15.8. The Morgan fingerprint density at radius 1 is 1.09 bits per heavy atom. The summed E-state index contributed by atoms with van der Waals surface area (Å²) < 4.78 is 43.1. The van der Waals surface area contributed by atoms with E-state index in [1.807, 2.05) is 42.8 Å². The van der Waals surface area contributed by atoms with Crippen LogP contribution in [0, 0.1) is 12.7 Å². The lowest BCUT2D eigenvalue weighted by molar-refractivity contribution is 0.600. The summed E-state index contributed by atoms with van der Waals surface area (Å²) in [5.41, 5.74) is 3.72. The third-order valence-corrected chi connectivity index (χ3v) is 8.45. The van der Waals surface area contributed by atoms with Crippen LogP contribution in [-0.4, -0.2) is 35.3 Å². The quantitative estimate of drug-likeness (QED) is 0.387. The Kier molecular flexibility index (Phi) is 5.49. The highest BCUT2D eigenvalue weighted by Crippen LogP contribution is 2.40. The number of nitrogens with one attached hydrogen (secondary N) is 2. The first-order valence-corrected chi connectivity index (χ1v) is 12.8. The number of nitrogens with zero attached hydrogens (tertiary/aromatic N) is 3. The van der Waals surface area contributed by atoms with E-state index in [4.69, 9.17) is 0 Å². The maximum atomic E-state index is 13.4. The lowest BCUT2D eigenvalue weighted by Gasteiger charge is -2.15. The number of pyridine rings is 1. The van der Waals surface area contributed by atoms with Crippen molar-refractivity contribution in [3.63, 3.8) is 0 Å². The summed E-state index contributed by atoms with van der Waals surface area (Å²) in [4.78, 5) is 1.78. The molecule has 4 aromatic rings. The monoisotopic (exact) mass is 483 g/mol. The second-order valence-electron chi connectivity index (χ2n) is 7.95. The van der Waals surface area contributed by atoms with Crippen LogP contribution in [0.3, 0.4) is 0 Å². The molecule has 2 heterocycles. The van der Waals surface area contributed by atoms with Crippen LogP contribution in [0.15, 0.2) is 64.5 Å². The molecule has 10 heteroatoms. The van der Waals surface area contributed by atoms with Crippen molar-refractivity contribution in [1.29, 1.82) is 0 Å². The van der Waals surface area contributed by atoms with Gasteiger partial charge in [0.1, 0.15) is 11.6 Å². The van der Waals surface area contributed by atoms with Crippen molar-refractivity contribution in [2.24, 2.45) is 0 Å². The number of hydrogen-bond acceptors (Lipinski definition) is 6. The van der Waals surface area contributed by atoms with Gasteiger partial charge >= 0.3 is 0 Å². The number of hydrogen-bond donors (Lipinski definition) is 2. The SMILES string of the molecule is CNc1cc(-c2cc(NS(=O)(=O)C3CC3)ccc2Sc2ccc(F)cc2)cn2c(C)nnc12. The molecular weight excluding hydrogens is 461 g/mol. The van der Waals surface area contributed by atoms with Crippen LogP contribution < -0.4 is 10.0 Å². The van der Waals surface area contributed by atoms with Crippen molar-refractivity contribution in [2.75, 3.05) is 17.1 Å². The minimum atomic E-state index is -3.40. The Morgan fingerprint density at radius 3 is 2.55 bits per heavy atom. The fraction of sp³-hybridized carbons (Fsp3) is 0.217. The molecule has 0 radical (unpaired) electrons.